The lowest BCUT2D eigenvalue weighted by Crippen LogP contribution is -2.48. The molecule has 0 unspecified atom stereocenters. The van der Waals surface area contributed by atoms with Crippen molar-refractivity contribution in [3.8, 4) is 0 Å². The number of alkyl halides is 3. The van der Waals surface area contributed by atoms with Crippen molar-refractivity contribution in [3.63, 3.8) is 0 Å². The summed E-state index contributed by atoms with van der Waals surface area (Å²) in [7, 11) is 0. The predicted molar refractivity (Wildman–Crippen MR) is 92.8 cm³/mol. The van der Waals surface area contributed by atoms with Gasteiger partial charge in [0.25, 0.3) is 0 Å². The van der Waals surface area contributed by atoms with Crippen molar-refractivity contribution in [3.05, 3.63) is 35.0 Å². The van der Waals surface area contributed by atoms with Gasteiger partial charge in [-0.1, -0.05) is 6.07 Å². The van der Waals surface area contributed by atoms with Crippen LogP contribution in [-0.4, -0.2) is 53.7 Å². The van der Waals surface area contributed by atoms with E-state index in [4.69, 9.17) is 0 Å². The van der Waals surface area contributed by atoms with Crippen LogP contribution in [0.3, 0.4) is 0 Å². The van der Waals surface area contributed by atoms with E-state index >= 15 is 0 Å². The maximum Gasteiger partial charge on any atom is 0.401 e. The number of piperazine rings is 1. The van der Waals surface area contributed by atoms with Gasteiger partial charge in [0.05, 0.1) is 6.54 Å². The second kappa shape index (κ2) is 6.32. The number of nitrogens with one attached hydrogen (secondary N) is 1. The van der Waals surface area contributed by atoms with Crippen molar-refractivity contribution in [1.29, 1.82) is 0 Å². The van der Waals surface area contributed by atoms with Crippen molar-refractivity contribution >= 4 is 10.9 Å². The predicted octanol–water partition coefficient (Wildman–Crippen LogP) is 4.03. The van der Waals surface area contributed by atoms with Gasteiger partial charge in [0.2, 0.25) is 0 Å². The molecule has 2 aliphatic rings. The second-order valence-corrected chi connectivity index (χ2v) is 7.47. The molecule has 0 spiro atoms. The Bertz CT molecular complexity index is 753. The van der Waals surface area contributed by atoms with E-state index in [1.54, 1.807) is 0 Å². The molecule has 1 N–H and O–H groups in total. The molecule has 0 radical (unpaired) electrons. The monoisotopic (exact) mass is 351 g/mol. The van der Waals surface area contributed by atoms with Crippen molar-refractivity contribution in [1.82, 2.24) is 14.8 Å². The van der Waals surface area contributed by atoms with Gasteiger partial charge < -0.3 is 4.98 Å². The van der Waals surface area contributed by atoms with Gasteiger partial charge in [0.1, 0.15) is 0 Å². The molecule has 0 amide bonds. The fourth-order valence-electron chi connectivity index (χ4n) is 4.01. The summed E-state index contributed by atoms with van der Waals surface area (Å²) >= 11 is 0. The number of rotatable bonds is 4. The quantitative estimate of drug-likeness (QED) is 0.898. The summed E-state index contributed by atoms with van der Waals surface area (Å²) in [5, 5.41) is 1.28. The number of aromatic amines is 1. The van der Waals surface area contributed by atoms with Gasteiger partial charge in [0, 0.05) is 49.8 Å². The average molecular weight is 351 g/mol. The van der Waals surface area contributed by atoms with Crippen molar-refractivity contribution in [2.75, 3.05) is 32.7 Å². The fourth-order valence-corrected chi connectivity index (χ4v) is 4.01. The summed E-state index contributed by atoms with van der Waals surface area (Å²) in [5.41, 5.74) is 5.28. The topological polar surface area (TPSA) is 22.3 Å². The molecule has 3 nitrogen and oxygen atoms in total. The Morgan fingerprint density at radius 1 is 1.12 bits per heavy atom. The molecule has 2 aromatic rings. The van der Waals surface area contributed by atoms with E-state index in [1.807, 2.05) is 6.20 Å². The van der Waals surface area contributed by atoms with Crippen LogP contribution >= 0.6 is 0 Å². The molecule has 0 atom stereocenters. The van der Waals surface area contributed by atoms with E-state index in [2.05, 4.69) is 28.9 Å². The zero-order valence-electron chi connectivity index (χ0n) is 14.5. The van der Waals surface area contributed by atoms with Crippen LogP contribution < -0.4 is 0 Å². The Balaban J connectivity index is 1.51. The van der Waals surface area contributed by atoms with Gasteiger partial charge in [-0.15, -0.1) is 0 Å². The van der Waals surface area contributed by atoms with Crippen LogP contribution in [0, 0.1) is 6.92 Å². The van der Waals surface area contributed by atoms with Gasteiger partial charge in [-0.2, -0.15) is 13.2 Å². The minimum Gasteiger partial charge on any atom is -0.361 e. The summed E-state index contributed by atoms with van der Waals surface area (Å²) in [5.74, 6) is 0.666. The molecule has 1 aromatic heterocycles. The SMILES string of the molecule is Cc1cc(C2CC2)c(CN2CCN(CC(F)(F)F)CC2)c2cc[nH]c12. The molecule has 1 aliphatic heterocycles. The van der Waals surface area contributed by atoms with Crippen LogP contribution in [0.1, 0.15) is 35.4 Å². The normalized spacial score (nSPS) is 20.5. The standard InChI is InChI=1S/C19H24F3N3/c1-13-10-16(14-2-3-14)17(15-4-5-23-18(13)15)11-24-6-8-25(9-7-24)12-19(20,21)22/h4-5,10,14,23H,2-3,6-9,11-12H2,1H3. The number of H-pyrrole nitrogens is 1. The number of fused-ring (bicyclic) bond motifs is 1. The molecule has 6 heteroatoms. The molecule has 2 heterocycles. The van der Waals surface area contributed by atoms with Crippen LogP contribution in [0.25, 0.3) is 10.9 Å². The van der Waals surface area contributed by atoms with Gasteiger partial charge >= 0.3 is 6.18 Å². The first-order valence-corrected chi connectivity index (χ1v) is 9.01. The lowest BCUT2D eigenvalue weighted by atomic mass is 9.95. The highest BCUT2D eigenvalue weighted by Gasteiger charge is 2.33. The third-order valence-electron chi connectivity index (χ3n) is 5.45. The number of halogens is 3. The number of aryl methyl sites for hydroxylation is 1. The highest BCUT2D eigenvalue weighted by molar-refractivity contribution is 5.87. The van der Waals surface area contributed by atoms with Gasteiger partial charge in [-0.05, 0) is 48.4 Å². The third-order valence-corrected chi connectivity index (χ3v) is 5.45. The van der Waals surface area contributed by atoms with E-state index in [-0.39, 0.29) is 0 Å². The van der Waals surface area contributed by atoms with Gasteiger partial charge in [-0.3, -0.25) is 9.80 Å². The minimum atomic E-state index is -4.10. The summed E-state index contributed by atoms with van der Waals surface area (Å²) in [6.07, 6.45) is 0.387. The first-order chi connectivity index (χ1) is 11.9. The second-order valence-electron chi connectivity index (χ2n) is 7.47. The van der Waals surface area contributed by atoms with E-state index < -0.39 is 12.7 Å². The van der Waals surface area contributed by atoms with Gasteiger partial charge in [-0.25, -0.2) is 0 Å². The molecule has 1 aliphatic carbocycles. The summed E-state index contributed by atoms with van der Waals surface area (Å²) in [6, 6.07) is 4.45. The molecule has 25 heavy (non-hydrogen) atoms. The molecule has 1 saturated carbocycles. The van der Waals surface area contributed by atoms with E-state index in [0.29, 0.717) is 32.1 Å². The third kappa shape index (κ3) is 3.70. The molecule has 136 valence electrons. The number of aromatic nitrogens is 1. The van der Waals surface area contributed by atoms with Crippen molar-refractivity contribution < 1.29 is 13.2 Å². The Labute approximate surface area is 145 Å². The molecule has 1 aromatic carbocycles. The zero-order chi connectivity index (χ0) is 17.6. The van der Waals surface area contributed by atoms with Gasteiger partial charge in [0.15, 0.2) is 0 Å². The van der Waals surface area contributed by atoms with E-state index in [0.717, 1.165) is 6.54 Å². The number of benzene rings is 1. The van der Waals surface area contributed by atoms with Crippen LogP contribution in [0.2, 0.25) is 0 Å². The smallest absolute Gasteiger partial charge is 0.361 e. The van der Waals surface area contributed by atoms with Crippen LogP contribution in [-0.2, 0) is 6.54 Å². The Morgan fingerprint density at radius 2 is 1.80 bits per heavy atom. The Hall–Kier alpha value is -1.53. The summed E-state index contributed by atoms with van der Waals surface area (Å²) in [4.78, 5) is 7.15. The molecule has 1 saturated heterocycles. The van der Waals surface area contributed by atoms with Crippen LogP contribution in [0.5, 0.6) is 0 Å². The Morgan fingerprint density at radius 3 is 2.44 bits per heavy atom. The average Bonchev–Trinajstić information content (AvgIpc) is 3.26. The zero-order valence-corrected chi connectivity index (χ0v) is 14.5. The van der Waals surface area contributed by atoms with Crippen molar-refractivity contribution in [2.45, 2.75) is 38.4 Å². The summed E-state index contributed by atoms with van der Waals surface area (Å²) < 4.78 is 37.7. The molecule has 0 bridgehead atoms. The maximum absolute atomic E-state index is 12.6. The highest BCUT2D eigenvalue weighted by atomic mass is 19.4. The molecular formula is C19H24F3N3. The first kappa shape index (κ1) is 16.9. The maximum atomic E-state index is 12.6. The number of hydrogen-bond acceptors (Lipinski definition) is 2. The van der Waals surface area contributed by atoms with Crippen LogP contribution in [0.15, 0.2) is 18.3 Å². The Kier molecular flexibility index (Phi) is 4.28. The number of nitrogens with zero attached hydrogens (tertiary/aromatic N) is 2. The first-order valence-electron chi connectivity index (χ1n) is 9.01. The van der Waals surface area contributed by atoms with Crippen LogP contribution in [0.4, 0.5) is 13.2 Å². The molecule has 4 rings (SSSR count). The highest BCUT2D eigenvalue weighted by Crippen LogP contribution is 2.44. The largest absolute Gasteiger partial charge is 0.401 e. The molecule has 2 fully saturated rings. The van der Waals surface area contributed by atoms with E-state index in [1.165, 1.54) is 45.3 Å². The molecular weight excluding hydrogens is 327 g/mol. The fraction of sp³-hybridized carbons (Fsp3) is 0.579. The lowest BCUT2D eigenvalue weighted by Gasteiger charge is -2.35. The minimum absolute atomic E-state index is 0.487. The van der Waals surface area contributed by atoms with E-state index in [9.17, 15) is 13.2 Å². The lowest BCUT2D eigenvalue weighted by molar-refractivity contribution is -0.149. The van der Waals surface area contributed by atoms with Crippen molar-refractivity contribution in [2.24, 2.45) is 0 Å². The summed E-state index contributed by atoms with van der Waals surface area (Å²) in [6.45, 7) is 4.55. The number of hydrogen-bond donors (Lipinski definition) is 1.